The summed E-state index contributed by atoms with van der Waals surface area (Å²) in [6, 6.07) is 7.05. The molecule has 0 aliphatic carbocycles. The van der Waals surface area contributed by atoms with Crippen molar-refractivity contribution in [2.24, 2.45) is 5.73 Å². The van der Waals surface area contributed by atoms with Gasteiger partial charge < -0.3 is 15.2 Å². The van der Waals surface area contributed by atoms with Gasteiger partial charge in [-0.3, -0.25) is 0 Å². The smallest absolute Gasteiger partial charge is 0.176 e. The summed E-state index contributed by atoms with van der Waals surface area (Å²) < 4.78 is 23.3. The minimum atomic E-state index is -0.674. The highest BCUT2D eigenvalue weighted by Crippen LogP contribution is 2.22. The van der Waals surface area contributed by atoms with E-state index in [9.17, 15) is 4.39 Å². The minimum Gasteiger partial charge on any atom is -0.375 e. The average molecular weight is 323 g/mol. The van der Waals surface area contributed by atoms with Crippen molar-refractivity contribution in [3.8, 4) is 0 Å². The van der Waals surface area contributed by atoms with E-state index >= 15 is 0 Å². The molecule has 1 aliphatic rings. The molecule has 0 spiro atoms. The van der Waals surface area contributed by atoms with Crippen molar-refractivity contribution in [3.63, 3.8) is 0 Å². The van der Waals surface area contributed by atoms with E-state index in [0.717, 1.165) is 27.6 Å². The number of nitrogens with two attached hydrogens (primary N) is 1. The van der Waals surface area contributed by atoms with Crippen molar-refractivity contribution in [3.05, 3.63) is 53.2 Å². The number of nitrogens with one attached hydrogen (secondary N) is 1. The fraction of sp³-hybridized carbons (Fsp3) is 0.412. The lowest BCUT2D eigenvalue weighted by molar-refractivity contribution is -0.995. The monoisotopic (exact) mass is 323 g/mol. The van der Waals surface area contributed by atoms with E-state index in [0.29, 0.717) is 6.61 Å². The minimum absolute atomic E-state index is 0.459. The summed E-state index contributed by atoms with van der Waals surface area (Å²) in [5.74, 6) is 0. The van der Waals surface area contributed by atoms with Crippen LogP contribution in [-0.2, 0) is 14.3 Å². The highest BCUT2D eigenvalue weighted by molar-refractivity contribution is 5.62. The van der Waals surface area contributed by atoms with Crippen LogP contribution in [0, 0.1) is 0 Å². The lowest BCUT2D eigenvalue weighted by atomic mass is 10.0. The van der Waals surface area contributed by atoms with Crippen molar-refractivity contribution >= 4 is 5.70 Å². The number of allylic oxidation sites excluding steroid dienone is 2. The molecule has 2 rings (SSSR count). The second-order valence-electron chi connectivity index (χ2n) is 5.33. The highest BCUT2D eigenvalue weighted by Gasteiger charge is 2.28. The van der Waals surface area contributed by atoms with Gasteiger partial charge in [0.15, 0.2) is 11.4 Å². The summed E-state index contributed by atoms with van der Waals surface area (Å²) in [6.07, 6.45) is 3.53. The van der Waals surface area contributed by atoms with Crippen molar-refractivity contribution in [1.82, 2.24) is 0 Å². The van der Waals surface area contributed by atoms with E-state index in [1.165, 1.54) is 7.11 Å². The van der Waals surface area contributed by atoms with E-state index in [2.05, 4.69) is 0 Å². The Labute approximate surface area is 136 Å². The van der Waals surface area contributed by atoms with Gasteiger partial charge in [0, 0.05) is 31.9 Å². The standard InChI is InChI=1S/C17H23FN2O3/c1-21-11-14-8-9-16(20(14)23-3)12-4-6-13(7-5-12)17(22-2)15(19)10-18/h4-9,15,17H,10-11,19H2,1-3H3/p+1. The number of rotatable bonds is 8. The molecule has 6 heteroatoms. The maximum Gasteiger partial charge on any atom is 0.176 e. The van der Waals surface area contributed by atoms with Gasteiger partial charge in [0.25, 0.3) is 0 Å². The predicted octanol–water partition coefficient (Wildman–Crippen LogP) is 1.00. The first-order valence-corrected chi connectivity index (χ1v) is 7.42. The molecule has 1 heterocycles. The molecule has 0 radical (unpaired) electrons. The van der Waals surface area contributed by atoms with Crippen LogP contribution in [0.5, 0.6) is 0 Å². The molecule has 0 saturated carbocycles. The Morgan fingerprint density at radius 1 is 1.13 bits per heavy atom. The Kier molecular flexibility index (Phi) is 6.44. The van der Waals surface area contributed by atoms with Gasteiger partial charge in [-0.1, -0.05) is 12.1 Å². The first kappa shape index (κ1) is 17.8. The molecule has 0 amide bonds. The number of hydroxylamine groups is 2. The molecular formula is C17H24FN2O3+. The molecule has 1 aromatic carbocycles. The van der Waals surface area contributed by atoms with Crippen LogP contribution in [0.4, 0.5) is 4.39 Å². The van der Waals surface area contributed by atoms with Gasteiger partial charge in [-0.25, -0.2) is 4.39 Å². The Balaban J connectivity index is 2.17. The molecule has 0 fully saturated rings. The fourth-order valence-corrected chi connectivity index (χ4v) is 2.74. The predicted molar refractivity (Wildman–Crippen MR) is 86.1 cm³/mol. The third kappa shape index (κ3) is 3.85. The van der Waals surface area contributed by atoms with E-state index in [4.69, 9.17) is 20.0 Å². The summed E-state index contributed by atoms with van der Waals surface area (Å²) in [7, 11) is 4.83. The van der Waals surface area contributed by atoms with Gasteiger partial charge in [0.1, 0.15) is 13.3 Å². The molecular weight excluding hydrogens is 299 g/mol. The second kappa shape index (κ2) is 8.33. The van der Waals surface area contributed by atoms with Gasteiger partial charge in [0.2, 0.25) is 0 Å². The van der Waals surface area contributed by atoms with Crippen LogP contribution in [0.15, 0.2) is 42.1 Å². The largest absolute Gasteiger partial charge is 0.375 e. The maximum absolute atomic E-state index is 12.8. The van der Waals surface area contributed by atoms with Crippen LogP contribution in [0.3, 0.4) is 0 Å². The quantitative estimate of drug-likeness (QED) is 0.749. The molecule has 23 heavy (non-hydrogen) atoms. The van der Waals surface area contributed by atoms with E-state index in [1.807, 2.05) is 36.4 Å². The van der Waals surface area contributed by atoms with Crippen molar-refractivity contribution in [2.45, 2.75) is 12.1 Å². The summed E-state index contributed by atoms with van der Waals surface area (Å²) in [5.41, 5.74) is 9.62. The SMILES string of the molecule is COCC1=CC=C(c2ccc(C(OC)C(N)CF)cc2)[NH+]1OC. The first-order valence-electron chi connectivity index (χ1n) is 7.42. The summed E-state index contributed by atoms with van der Waals surface area (Å²) in [4.78, 5) is 5.50. The van der Waals surface area contributed by atoms with Crippen LogP contribution < -0.4 is 10.8 Å². The second-order valence-corrected chi connectivity index (χ2v) is 5.33. The van der Waals surface area contributed by atoms with Gasteiger partial charge >= 0.3 is 0 Å². The van der Waals surface area contributed by atoms with Crippen molar-refractivity contribution < 1.29 is 23.8 Å². The zero-order chi connectivity index (χ0) is 16.8. The van der Waals surface area contributed by atoms with Crippen LogP contribution in [0.2, 0.25) is 0 Å². The Morgan fingerprint density at radius 2 is 1.83 bits per heavy atom. The number of hydrogen-bond donors (Lipinski definition) is 2. The Hall–Kier alpha value is -1.57. The maximum atomic E-state index is 12.8. The van der Waals surface area contributed by atoms with Crippen molar-refractivity contribution in [2.75, 3.05) is 34.6 Å². The summed E-state index contributed by atoms with van der Waals surface area (Å²) in [5, 5.41) is 0.809. The van der Waals surface area contributed by atoms with Crippen LogP contribution in [-0.4, -0.2) is 40.7 Å². The topological polar surface area (TPSA) is 58.2 Å². The fourth-order valence-electron chi connectivity index (χ4n) is 2.74. The zero-order valence-electron chi connectivity index (χ0n) is 13.7. The molecule has 0 aromatic heterocycles. The molecule has 0 bridgehead atoms. The number of benzene rings is 1. The molecule has 5 nitrogen and oxygen atoms in total. The highest BCUT2D eigenvalue weighted by atomic mass is 19.1. The number of alkyl halides is 1. The molecule has 1 aromatic rings. The normalized spacial score (nSPS) is 20.1. The number of quaternary nitrogens is 1. The molecule has 0 saturated heterocycles. The lowest BCUT2D eigenvalue weighted by Gasteiger charge is -2.21. The molecule has 126 valence electrons. The van der Waals surface area contributed by atoms with Gasteiger partial charge in [-0.15, -0.1) is 5.06 Å². The zero-order valence-corrected chi connectivity index (χ0v) is 13.7. The number of methoxy groups -OCH3 is 2. The van der Waals surface area contributed by atoms with Gasteiger partial charge in [0.05, 0.1) is 19.3 Å². The molecule has 1 aliphatic heterocycles. The molecule has 3 unspecified atom stereocenters. The summed E-state index contributed by atoms with van der Waals surface area (Å²) >= 11 is 0. The van der Waals surface area contributed by atoms with E-state index < -0.39 is 18.8 Å². The number of hydrogen-bond acceptors (Lipinski definition) is 4. The Morgan fingerprint density at radius 3 is 2.35 bits per heavy atom. The lowest BCUT2D eigenvalue weighted by Crippen LogP contribution is -3.05. The number of halogens is 1. The third-order valence-corrected chi connectivity index (χ3v) is 3.86. The van der Waals surface area contributed by atoms with Gasteiger partial charge in [-0.05, 0) is 17.7 Å². The third-order valence-electron chi connectivity index (χ3n) is 3.86. The van der Waals surface area contributed by atoms with E-state index in [1.54, 1.807) is 14.2 Å². The molecule has 3 N–H and O–H groups in total. The van der Waals surface area contributed by atoms with Crippen LogP contribution in [0.25, 0.3) is 5.70 Å². The first-order chi connectivity index (χ1) is 11.2. The van der Waals surface area contributed by atoms with Crippen LogP contribution >= 0.6 is 0 Å². The molecule has 3 atom stereocenters. The van der Waals surface area contributed by atoms with Gasteiger partial charge in [-0.2, -0.15) is 4.84 Å². The number of ether oxygens (including phenoxy) is 2. The van der Waals surface area contributed by atoms with E-state index in [-0.39, 0.29) is 0 Å². The van der Waals surface area contributed by atoms with Crippen molar-refractivity contribution in [1.29, 1.82) is 0 Å². The summed E-state index contributed by atoms with van der Waals surface area (Å²) in [6.45, 7) is -0.129. The Bertz CT molecular complexity index is 572. The van der Waals surface area contributed by atoms with Crippen LogP contribution in [0.1, 0.15) is 17.2 Å². The average Bonchev–Trinajstić information content (AvgIpc) is 2.99.